The van der Waals surface area contributed by atoms with E-state index in [1.54, 1.807) is 0 Å². The fourth-order valence-corrected chi connectivity index (χ4v) is 2.77. The number of carboxylic acids is 1. The summed E-state index contributed by atoms with van der Waals surface area (Å²) < 4.78 is 4.94. The first-order valence-corrected chi connectivity index (χ1v) is 11.3. The van der Waals surface area contributed by atoms with Gasteiger partial charge in [-0.2, -0.15) is 0 Å². The van der Waals surface area contributed by atoms with Gasteiger partial charge in [0.05, 0.1) is 6.61 Å². The van der Waals surface area contributed by atoms with Crippen LogP contribution in [0.15, 0.2) is 24.8 Å². The second kappa shape index (κ2) is 24.4. The van der Waals surface area contributed by atoms with Crippen molar-refractivity contribution in [2.45, 2.75) is 103 Å². The number of carbonyl (C=O) groups excluding carboxylic acids is 1. The predicted molar refractivity (Wildman–Crippen MR) is 120 cm³/mol. The number of unbranched alkanes of at least 4 members (excludes halogenated alkanes) is 13. The molecule has 0 saturated carbocycles. The number of hydrogen-bond donors (Lipinski definition) is 2. The molecule has 0 aromatic rings. The fourth-order valence-electron chi connectivity index (χ4n) is 2.77. The van der Waals surface area contributed by atoms with E-state index in [1.807, 2.05) is 0 Å². The highest BCUT2D eigenvalue weighted by atomic mass is 16.5. The van der Waals surface area contributed by atoms with E-state index in [9.17, 15) is 9.59 Å². The molecular formula is C24H44O5. The van der Waals surface area contributed by atoms with Gasteiger partial charge in [0, 0.05) is 24.7 Å². The van der Waals surface area contributed by atoms with Gasteiger partial charge in [-0.05, 0) is 6.42 Å². The van der Waals surface area contributed by atoms with Gasteiger partial charge >= 0.3 is 11.9 Å². The lowest BCUT2D eigenvalue weighted by Crippen LogP contribution is -2.01. The van der Waals surface area contributed by atoms with Crippen LogP contribution in [0.1, 0.15) is 103 Å². The molecule has 0 amide bonds. The highest BCUT2D eigenvalue weighted by molar-refractivity contribution is 5.85. The van der Waals surface area contributed by atoms with E-state index in [0.717, 1.165) is 6.42 Å². The lowest BCUT2D eigenvalue weighted by Gasteiger charge is -2.03. The molecule has 0 spiro atoms. The smallest absolute Gasteiger partial charge is 0.331 e. The number of carboxylic acid groups (broad SMARTS) is 1. The highest BCUT2D eigenvalue weighted by Crippen LogP contribution is 2.12. The quantitative estimate of drug-likeness (QED) is 0.150. The molecule has 29 heavy (non-hydrogen) atoms. The molecule has 0 aliphatic carbocycles. The van der Waals surface area contributed by atoms with Gasteiger partial charge in [0.25, 0.3) is 0 Å². The van der Waals surface area contributed by atoms with Gasteiger partial charge in [-0.15, -0.1) is 0 Å². The minimum Gasteiger partial charge on any atom is -0.478 e. The van der Waals surface area contributed by atoms with Crippen LogP contribution in [0.2, 0.25) is 0 Å². The van der Waals surface area contributed by atoms with Crippen molar-refractivity contribution < 1.29 is 24.5 Å². The Labute approximate surface area is 178 Å². The standard InChI is InChI=1S/C19H36O2.C5H8O3/c1-3-5-6-7-8-9-10-11-12-13-14-15-16-17-18-21-19(20)4-2;1-4(2-3-6)5(7)8/h4H,2-3,5-18H2,1H3;6H,1-3H2,(H,7,8). The van der Waals surface area contributed by atoms with Crippen molar-refractivity contribution in [3.63, 3.8) is 0 Å². The van der Waals surface area contributed by atoms with E-state index < -0.39 is 5.97 Å². The first kappa shape index (κ1) is 29.6. The summed E-state index contributed by atoms with van der Waals surface area (Å²) in [6, 6.07) is 0. The molecular weight excluding hydrogens is 368 g/mol. The SMILES string of the molecule is C=C(CCO)C(=O)O.C=CC(=O)OCCCCCCCCCCCCCCCC. The molecule has 0 aromatic heterocycles. The summed E-state index contributed by atoms with van der Waals surface area (Å²) in [6.07, 6.45) is 20.2. The van der Waals surface area contributed by atoms with Crippen LogP contribution >= 0.6 is 0 Å². The van der Waals surface area contributed by atoms with Gasteiger partial charge in [0.1, 0.15) is 0 Å². The Kier molecular flexibility index (Phi) is 24.9. The Morgan fingerprint density at radius 1 is 0.828 bits per heavy atom. The molecule has 0 radical (unpaired) electrons. The zero-order valence-electron chi connectivity index (χ0n) is 18.6. The summed E-state index contributed by atoms with van der Waals surface area (Å²) in [5.74, 6) is -1.34. The first-order valence-electron chi connectivity index (χ1n) is 11.3. The van der Waals surface area contributed by atoms with E-state index in [-0.39, 0.29) is 24.6 Å². The molecule has 0 aromatic carbocycles. The number of aliphatic hydroxyl groups excluding tert-OH is 1. The predicted octanol–water partition coefficient (Wildman–Crippen LogP) is 6.21. The molecule has 0 heterocycles. The second-order valence-electron chi connectivity index (χ2n) is 7.35. The summed E-state index contributed by atoms with van der Waals surface area (Å²) in [6.45, 7) is 9.23. The fraction of sp³-hybridized carbons (Fsp3) is 0.750. The van der Waals surface area contributed by atoms with E-state index in [1.165, 1.54) is 89.5 Å². The Morgan fingerprint density at radius 2 is 1.24 bits per heavy atom. The monoisotopic (exact) mass is 412 g/mol. The lowest BCUT2D eigenvalue weighted by atomic mass is 10.0. The van der Waals surface area contributed by atoms with Crippen molar-refractivity contribution >= 4 is 11.9 Å². The molecule has 0 rings (SSSR count). The molecule has 0 unspecified atom stereocenters. The Morgan fingerprint density at radius 3 is 1.55 bits per heavy atom. The number of esters is 1. The third-order valence-corrected chi connectivity index (χ3v) is 4.62. The molecule has 2 N–H and O–H groups in total. The number of aliphatic hydroxyl groups is 1. The summed E-state index contributed by atoms with van der Waals surface area (Å²) >= 11 is 0. The van der Waals surface area contributed by atoms with E-state index in [2.05, 4.69) is 20.1 Å². The molecule has 0 saturated heterocycles. The minimum absolute atomic E-state index is 0.0486. The van der Waals surface area contributed by atoms with Crippen LogP contribution < -0.4 is 0 Å². The Hall–Kier alpha value is -1.62. The third kappa shape index (κ3) is 26.4. The van der Waals surface area contributed by atoms with Crippen molar-refractivity contribution in [3.05, 3.63) is 24.8 Å². The van der Waals surface area contributed by atoms with Gasteiger partial charge in [0.2, 0.25) is 0 Å². The van der Waals surface area contributed by atoms with Gasteiger partial charge in [-0.3, -0.25) is 0 Å². The maximum Gasteiger partial charge on any atom is 0.331 e. The van der Waals surface area contributed by atoms with Crippen molar-refractivity contribution in [2.24, 2.45) is 0 Å². The second-order valence-corrected chi connectivity index (χ2v) is 7.35. The number of aliphatic carboxylic acids is 1. The number of hydrogen-bond acceptors (Lipinski definition) is 4. The third-order valence-electron chi connectivity index (χ3n) is 4.62. The molecule has 5 heteroatoms. The van der Waals surface area contributed by atoms with Crippen LogP contribution in [0.25, 0.3) is 0 Å². The van der Waals surface area contributed by atoms with Crippen LogP contribution in [-0.2, 0) is 14.3 Å². The zero-order valence-corrected chi connectivity index (χ0v) is 18.6. The van der Waals surface area contributed by atoms with Crippen molar-refractivity contribution in [3.8, 4) is 0 Å². The molecule has 0 aliphatic rings. The van der Waals surface area contributed by atoms with E-state index in [4.69, 9.17) is 14.9 Å². The number of rotatable bonds is 19. The zero-order chi connectivity index (χ0) is 22.2. The van der Waals surface area contributed by atoms with Gasteiger partial charge in [-0.25, -0.2) is 9.59 Å². The molecule has 170 valence electrons. The topological polar surface area (TPSA) is 83.8 Å². The van der Waals surface area contributed by atoms with Crippen LogP contribution in [0.4, 0.5) is 0 Å². The molecule has 0 aliphatic heterocycles. The van der Waals surface area contributed by atoms with Crippen LogP contribution in [0, 0.1) is 0 Å². The van der Waals surface area contributed by atoms with Crippen molar-refractivity contribution in [1.29, 1.82) is 0 Å². The normalized spacial score (nSPS) is 10.0. The van der Waals surface area contributed by atoms with E-state index in [0.29, 0.717) is 6.61 Å². The average molecular weight is 413 g/mol. The lowest BCUT2D eigenvalue weighted by molar-refractivity contribution is -0.138. The average Bonchev–Trinajstić information content (AvgIpc) is 2.71. The van der Waals surface area contributed by atoms with Crippen LogP contribution in [-0.4, -0.2) is 35.4 Å². The van der Waals surface area contributed by atoms with Gasteiger partial charge < -0.3 is 14.9 Å². The van der Waals surface area contributed by atoms with Gasteiger partial charge in [0.15, 0.2) is 0 Å². The van der Waals surface area contributed by atoms with Crippen LogP contribution in [0.5, 0.6) is 0 Å². The Bertz CT molecular complexity index is 417. The van der Waals surface area contributed by atoms with Crippen molar-refractivity contribution in [1.82, 2.24) is 0 Å². The molecule has 0 fully saturated rings. The minimum atomic E-state index is -1.04. The Balaban J connectivity index is 0. The van der Waals surface area contributed by atoms with Crippen LogP contribution in [0.3, 0.4) is 0 Å². The molecule has 0 atom stereocenters. The maximum atomic E-state index is 10.8. The van der Waals surface area contributed by atoms with Gasteiger partial charge in [-0.1, -0.05) is 104 Å². The number of ether oxygens (including phenoxy) is 1. The van der Waals surface area contributed by atoms with Crippen molar-refractivity contribution in [2.75, 3.05) is 13.2 Å². The highest BCUT2D eigenvalue weighted by Gasteiger charge is 2.00. The summed E-state index contributed by atoms with van der Waals surface area (Å²) in [5.41, 5.74) is 0.0486. The van der Waals surface area contributed by atoms with E-state index >= 15 is 0 Å². The summed E-state index contributed by atoms with van der Waals surface area (Å²) in [7, 11) is 0. The largest absolute Gasteiger partial charge is 0.478 e. The maximum absolute atomic E-state index is 10.8. The summed E-state index contributed by atoms with van der Waals surface area (Å²) in [4.78, 5) is 20.7. The molecule has 0 bridgehead atoms. The molecule has 5 nitrogen and oxygen atoms in total. The number of carbonyl (C=O) groups is 2. The first-order chi connectivity index (χ1) is 14.0. The summed E-state index contributed by atoms with van der Waals surface area (Å²) in [5, 5.41) is 16.3.